The Kier molecular flexibility index (Phi) is 7.85. The Bertz CT molecular complexity index is 1040. The predicted molar refractivity (Wildman–Crippen MR) is 144 cm³/mol. The molecule has 5 heteroatoms. The van der Waals surface area contributed by atoms with Crippen molar-refractivity contribution >= 4 is 5.91 Å². The number of piperidine rings is 1. The van der Waals surface area contributed by atoms with Gasteiger partial charge in [0.25, 0.3) is 5.91 Å². The van der Waals surface area contributed by atoms with E-state index in [4.69, 9.17) is 9.47 Å². The summed E-state index contributed by atoms with van der Waals surface area (Å²) in [5.41, 5.74) is 3.32. The van der Waals surface area contributed by atoms with Gasteiger partial charge < -0.3 is 14.4 Å². The molecule has 0 radical (unpaired) electrons. The second-order valence-electron chi connectivity index (χ2n) is 11.3. The Morgan fingerprint density at radius 2 is 1.83 bits per heavy atom. The number of carbonyl (C=O) groups excluding carboxylic acids is 1. The average molecular weight is 491 g/mol. The van der Waals surface area contributed by atoms with Gasteiger partial charge >= 0.3 is 0 Å². The quantitative estimate of drug-likeness (QED) is 0.548. The summed E-state index contributed by atoms with van der Waals surface area (Å²) in [4.78, 5) is 18.2. The number of likely N-dealkylation sites (tertiary alicyclic amines) is 1. The lowest BCUT2D eigenvalue weighted by molar-refractivity contribution is 0.0366. The number of carbonyl (C=O) groups is 1. The first-order valence-corrected chi connectivity index (χ1v) is 13.9. The fourth-order valence-electron chi connectivity index (χ4n) is 6.26. The van der Waals surface area contributed by atoms with Crippen molar-refractivity contribution < 1.29 is 14.3 Å². The van der Waals surface area contributed by atoms with Gasteiger partial charge in [-0.3, -0.25) is 9.69 Å². The number of benzene rings is 2. The zero-order valence-electron chi connectivity index (χ0n) is 22.1. The van der Waals surface area contributed by atoms with Crippen molar-refractivity contribution in [3.63, 3.8) is 0 Å². The molecule has 3 aliphatic rings. The summed E-state index contributed by atoms with van der Waals surface area (Å²) in [6, 6.07) is 14.4. The largest absolute Gasteiger partial charge is 0.496 e. The number of nitrogens with zero attached hydrogens (tertiary/aromatic N) is 2. The van der Waals surface area contributed by atoms with E-state index in [0.717, 1.165) is 69.3 Å². The minimum absolute atomic E-state index is 0.110. The molecule has 5 nitrogen and oxygen atoms in total. The van der Waals surface area contributed by atoms with E-state index in [2.05, 4.69) is 34.1 Å². The maximum absolute atomic E-state index is 13.5. The van der Waals surface area contributed by atoms with Crippen LogP contribution in [-0.4, -0.2) is 62.1 Å². The van der Waals surface area contributed by atoms with E-state index in [1.165, 1.54) is 44.2 Å². The summed E-state index contributed by atoms with van der Waals surface area (Å²) in [6.45, 7) is 7.70. The molecule has 1 saturated carbocycles. The van der Waals surface area contributed by atoms with Gasteiger partial charge in [0.1, 0.15) is 18.1 Å². The second-order valence-corrected chi connectivity index (χ2v) is 11.3. The Balaban J connectivity index is 1.29. The number of para-hydroxylation sites is 2. The molecule has 2 aromatic rings. The number of fused-ring (bicyclic) bond motifs is 1. The van der Waals surface area contributed by atoms with Gasteiger partial charge in [0.05, 0.1) is 12.7 Å². The first-order valence-electron chi connectivity index (χ1n) is 13.9. The highest BCUT2D eigenvalue weighted by Gasteiger charge is 2.38. The van der Waals surface area contributed by atoms with Crippen LogP contribution in [0.5, 0.6) is 11.5 Å². The zero-order valence-corrected chi connectivity index (χ0v) is 22.1. The molecule has 0 bridgehead atoms. The van der Waals surface area contributed by atoms with E-state index in [9.17, 15) is 4.79 Å². The molecule has 194 valence electrons. The van der Waals surface area contributed by atoms with Crippen molar-refractivity contribution in [1.82, 2.24) is 9.80 Å². The standard InChI is InChI=1S/C31H42N2O3/c1-24-8-7-11-27(29(24)35-2)30(34)33-18-16-31(17-19-33)15-6-5-10-26-9-3-4-12-28(26)36-21-20-32(23-31)22-25-13-14-25/h3-4,7-9,11-12,25H,5-6,10,13-23H2,1-2H3. The van der Waals surface area contributed by atoms with Crippen LogP contribution in [0.2, 0.25) is 0 Å². The van der Waals surface area contributed by atoms with Gasteiger partial charge in [-0.2, -0.15) is 0 Å². The number of methoxy groups -OCH3 is 1. The summed E-state index contributed by atoms with van der Waals surface area (Å²) in [7, 11) is 1.66. The van der Waals surface area contributed by atoms with E-state index in [1.807, 2.05) is 25.1 Å². The summed E-state index contributed by atoms with van der Waals surface area (Å²) >= 11 is 0. The number of hydrogen-bond acceptors (Lipinski definition) is 4. The lowest BCUT2D eigenvalue weighted by Gasteiger charge is -2.45. The maximum atomic E-state index is 13.5. The minimum Gasteiger partial charge on any atom is -0.496 e. The van der Waals surface area contributed by atoms with Crippen molar-refractivity contribution in [2.45, 2.75) is 58.3 Å². The van der Waals surface area contributed by atoms with Crippen molar-refractivity contribution in [2.24, 2.45) is 11.3 Å². The van der Waals surface area contributed by atoms with Gasteiger partial charge in [-0.1, -0.05) is 36.8 Å². The molecule has 0 aromatic heterocycles. The van der Waals surface area contributed by atoms with Crippen molar-refractivity contribution in [2.75, 3.05) is 46.4 Å². The van der Waals surface area contributed by atoms with Crippen LogP contribution in [0.15, 0.2) is 42.5 Å². The molecule has 2 heterocycles. The Morgan fingerprint density at radius 3 is 2.61 bits per heavy atom. The molecular weight excluding hydrogens is 448 g/mol. The monoisotopic (exact) mass is 490 g/mol. The molecule has 0 atom stereocenters. The third-order valence-corrected chi connectivity index (χ3v) is 8.57. The van der Waals surface area contributed by atoms with Crippen molar-refractivity contribution in [3.05, 3.63) is 59.2 Å². The summed E-state index contributed by atoms with van der Waals surface area (Å²) in [5, 5.41) is 0. The number of hydrogen-bond donors (Lipinski definition) is 0. The maximum Gasteiger partial charge on any atom is 0.257 e. The predicted octanol–water partition coefficient (Wildman–Crippen LogP) is 5.74. The molecule has 2 aliphatic heterocycles. The van der Waals surface area contributed by atoms with Crippen LogP contribution < -0.4 is 9.47 Å². The van der Waals surface area contributed by atoms with Crippen LogP contribution >= 0.6 is 0 Å². The molecule has 1 aliphatic carbocycles. The Hall–Kier alpha value is -2.53. The Morgan fingerprint density at radius 1 is 1.03 bits per heavy atom. The Labute approximate surface area is 216 Å². The SMILES string of the molecule is COc1c(C)cccc1C(=O)N1CCC2(CCCCc3ccccc3OCCN(CC3CC3)C2)CC1. The van der Waals surface area contributed by atoms with Gasteiger partial charge in [-0.25, -0.2) is 0 Å². The fraction of sp³-hybridized carbons (Fsp3) is 0.581. The van der Waals surface area contributed by atoms with E-state index in [1.54, 1.807) is 7.11 Å². The molecule has 36 heavy (non-hydrogen) atoms. The van der Waals surface area contributed by atoms with Crippen LogP contribution in [0.4, 0.5) is 0 Å². The van der Waals surface area contributed by atoms with Crippen LogP contribution in [0.25, 0.3) is 0 Å². The van der Waals surface area contributed by atoms with Crippen LogP contribution in [0.1, 0.15) is 66.4 Å². The highest BCUT2D eigenvalue weighted by atomic mass is 16.5. The first-order chi connectivity index (χ1) is 17.6. The molecule has 5 rings (SSSR count). The molecule has 1 saturated heterocycles. The third kappa shape index (κ3) is 5.88. The van der Waals surface area contributed by atoms with Gasteiger partial charge in [0.2, 0.25) is 0 Å². The molecule has 0 unspecified atom stereocenters. The second kappa shape index (κ2) is 11.2. The van der Waals surface area contributed by atoms with Gasteiger partial charge in [-0.05, 0) is 86.5 Å². The topological polar surface area (TPSA) is 42.0 Å². The van der Waals surface area contributed by atoms with Crippen molar-refractivity contribution in [3.8, 4) is 11.5 Å². The van der Waals surface area contributed by atoms with E-state index >= 15 is 0 Å². The summed E-state index contributed by atoms with van der Waals surface area (Å²) in [6.07, 6.45) is 9.63. The van der Waals surface area contributed by atoms with E-state index < -0.39 is 0 Å². The van der Waals surface area contributed by atoms with Crippen LogP contribution in [0.3, 0.4) is 0 Å². The fourth-order valence-corrected chi connectivity index (χ4v) is 6.26. The lowest BCUT2D eigenvalue weighted by Crippen LogP contribution is -2.49. The number of aryl methyl sites for hydroxylation is 2. The number of amides is 1. The van der Waals surface area contributed by atoms with E-state index in [-0.39, 0.29) is 11.3 Å². The van der Waals surface area contributed by atoms with Crippen LogP contribution in [0, 0.1) is 18.3 Å². The molecule has 0 N–H and O–H groups in total. The lowest BCUT2D eigenvalue weighted by atomic mass is 9.73. The molecule has 2 fully saturated rings. The summed E-state index contributed by atoms with van der Waals surface area (Å²) in [5.74, 6) is 2.75. The van der Waals surface area contributed by atoms with Gasteiger partial charge in [-0.15, -0.1) is 0 Å². The van der Waals surface area contributed by atoms with Crippen molar-refractivity contribution in [1.29, 1.82) is 0 Å². The highest BCUT2D eigenvalue weighted by Crippen LogP contribution is 2.40. The van der Waals surface area contributed by atoms with Crippen LogP contribution in [-0.2, 0) is 6.42 Å². The average Bonchev–Trinajstić information content (AvgIpc) is 3.70. The van der Waals surface area contributed by atoms with Gasteiger partial charge in [0, 0.05) is 32.7 Å². The summed E-state index contributed by atoms with van der Waals surface area (Å²) < 4.78 is 11.9. The molecule has 1 spiro atoms. The first kappa shape index (κ1) is 25.1. The smallest absolute Gasteiger partial charge is 0.257 e. The molecular formula is C31H42N2O3. The normalized spacial score (nSPS) is 21.1. The van der Waals surface area contributed by atoms with Gasteiger partial charge in [0.15, 0.2) is 0 Å². The minimum atomic E-state index is 0.110. The highest BCUT2D eigenvalue weighted by molar-refractivity contribution is 5.97. The zero-order chi connectivity index (χ0) is 25.0. The van der Waals surface area contributed by atoms with E-state index in [0.29, 0.717) is 11.3 Å². The molecule has 2 aromatic carbocycles. The number of rotatable bonds is 4. The molecule has 1 amide bonds. The number of ether oxygens (including phenoxy) is 2. The third-order valence-electron chi connectivity index (χ3n) is 8.57.